The van der Waals surface area contributed by atoms with E-state index in [1.807, 2.05) is 36.4 Å². The van der Waals surface area contributed by atoms with E-state index in [0.717, 1.165) is 10.5 Å². The minimum Gasteiger partial charge on any atom is -0.351 e. The molecular weight excluding hydrogens is 456 g/mol. The van der Waals surface area contributed by atoms with Gasteiger partial charge in [0.1, 0.15) is 11.7 Å². The molecule has 0 bridgehead atoms. The lowest BCUT2D eigenvalue weighted by molar-refractivity contribution is -0.149. The smallest absolute Gasteiger partial charge is 0.278 e. The summed E-state index contributed by atoms with van der Waals surface area (Å²) in [5.74, 6) is -2.18. The highest BCUT2D eigenvalue weighted by molar-refractivity contribution is 6.20. The number of benzene rings is 3. The predicted molar refractivity (Wildman–Crippen MR) is 135 cm³/mol. The molecule has 1 fully saturated rings. The highest BCUT2D eigenvalue weighted by Crippen LogP contribution is 2.25. The van der Waals surface area contributed by atoms with Gasteiger partial charge in [0.15, 0.2) is 0 Å². The molecule has 0 aromatic heterocycles. The van der Waals surface area contributed by atoms with Crippen molar-refractivity contribution in [2.45, 2.75) is 38.4 Å². The summed E-state index contributed by atoms with van der Waals surface area (Å²) in [5, 5.41) is 11.2. The van der Waals surface area contributed by atoms with E-state index in [1.54, 1.807) is 0 Å². The van der Waals surface area contributed by atoms with Crippen molar-refractivity contribution in [2.75, 3.05) is 5.32 Å². The average Bonchev–Trinajstić information content (AvgIpc) is 3.15. The maximum Gasteiger partial charge on any atom is 0.278 e. The van der Waals surface area contributed by atoms with Gasteiger partial charge in [0.05, 0.1) is 0 Å². The second-order valence-corrected chi connectivity index (χ2v) is 9.07. The van der Waals surface area contributed by atoms with Crippen molar-refractivity contribution in [1.29, 1.82) is 0 Å². The molecule has 36 heavy (non-hydrogen) atoms. The fourth-order valence-electron chi connectivity index (χ4n) is 4.58. The summed E-state index contributed by atoms with van der Waals surface area (Å²) in [4.78, 5) is 49.9. The van der Waals surface area contributed by atoms with Crippen molar-refractivity contribution in [3.05, 3.63) is 89.6 Å². The van der Waals surface area contributed by atoms with Crippen LogP contribution >= 0.6 is 0 Å². The van der Waals surface area contributed by atoms with Gasteiger partial charge in [-0.1, -0.05) is 48.5 Å². The Hall–Kier alpha value is -4.30. The Morgan fingerprint density at radius 3 is 2.58 bits per heavy atom. The Labute approximate surface area is 208 Å². The molecule has 0 radical (unpaired) electrons. The average molecular weight is 483 g/mol. The fourth-order valence-corrected chi connectivity index (χ4v) is 4.58. The highest BCUT2D eigenvalue weighted by atomic mass is 16.2. The zero-order chi connectivity index (χ0) is 25.2. The maximum atomic E-state index is 12.9. The number of nitrogens with one attached hydrogen (secondary N) is 3. The minimum atomic E-state index is -0.982. The molecule has 8 nitrogen and oxygen atoms in total. The van der Waals surface area contributed by atoms with Crippen LogP contribution in [0.1, 0.15) is 36.9 Å². The molecule has 2 heterocycles. The lowest BCUT2D eigenvalue weighted by Crippen LogP contribution is -2.54. The van der Waals surface area contributed by atoms with Crippen LogP contribution in [0.25, 0.3) is 10.8 Å². The number of rotatable bonds is 7. The van der Waals surface area contributed by atoms with Crippen LogP contribution in [-0.4, -0.2) is 34.6 Å². The number of hydrogen-bond donors (Lipinski definition) is 3. The third-order valence-electron chi connectivity index (χ3n) is 6.57. The quantitative estimate of drug-likeness (QED) is 0.447. The number of anilines is 1. The van der Waals surface area contributed by atoms with Crippen molar-refractivity contribution in [2.24, 2.45) is 0 Å². The fraction of sp³-hybridized carbons (Fsp3) is 0.214. The van der Waals surface area contributed by atoms with E-state index in [-0.39, 0.29) is 24.6 Å². The summed E-state index contributed by atoms with van der Waals surface area (Å²) < 4.78 is 0. The Bertz CT molecular complexity index is 1410. The second-order valence-electron chi connectivity index (χ2n) is 9.07. The lowest BCUT2D eigenvalue weighted by atomic mass is 10.0. The van der Waals surface area contributed by atoms with Crippen molar-refractivity contribution >= 4 is 40.1 Å². The molecular formula is C28H26N4O4. The molecule has 0 aliphatic carbocycles. The molecule has 0 saturated carbocycles. The predicted octanol–water partition coefficient (Wildman–Crippen LogP) is 3.16. The molecule has 1 saturated heterocycles. The Balaban J connectivity index is 1.23. The number of amides is 4. The summed E-state index contributed by atoms with van der Waals surface area (Å²) in [6.07, 6.45) is 1.40. The van der Waals surface area contributed by atoms with E-state index in [1.165, 1.54) is 22.4 Å². The van der Waals surface area contributed by atoms with Gasteiger partial charge in [-0.2, -0.15) is 0 Å². The molecule has 8 heteroatoms. The van der Waals surface area contributed by atoms with Crippen LogP contribution in [0.3, 0.4) is 0 Å². The third-order valence-corrected chi connectivity index (χ3v) is 6.57. The molecule has 182 valence electrons. The molecule has 4 amide bonds. The summed E-state index contributed by atoms with van der Waals surface area (Å²) >= 11 is 0. The first-order chi connectivity index (χ1) is 17.4. The number of carbonyl (C=O) groups is 4. The number of fused-ring (bicyclic) bond motifs is 1. The minimum absolute atomic E-state index is 0.0353. The Morgan fingerprint density at radius 2 is 1.78 bits per heavy atom. The lowest BCUT2D eigenvalue weighted by Gasteiger charge is -2.28. The van der Waals surface area contributed by atoms with Crippen molar-refractivity contribution in [3.63, 3.8) is 0 Å². The first-order valence-corrected chi connectivity index (χ1v) is 11.9. The number of hydrogen-bond acceptors (Lipinski definition) is 6. The molecule has 0 spiro atoms. The van der Waals surface area contributed by atoms with Crippen molar-refractivity contribution < 1.29 is 19.2 Å². The van der Waals surface area contributed by atoms with Gasteiger partial charge in [-0.05, 0) is 53.4 Å². The topological polar surface area (TPSA) is 108 Å². The van der Waals surface area contributed by atoms with Crippen LogP contribution in [0.2, 0.25) is 0 Å². The van der Waals surface area contributed by atoms with E-state index >= 15 is 0 Å². The normalized spacial score (nSPS) is 18.9. The first-order valence-electron chi connectivity index (χ1n) is 11.9. The summed E-state index contributed by atoms with van der Waals surface area (Å²) in [6, 6.07) is 21.3. The van der Waals surface area contributed by atoms with Crippen LogP contribution in [0, 0.1) is 0 Å². The Kier molecular flexibility index (Phi) is 6.35. The number of nitrogens with zero attached hydrogens (tertiary/aromatic N) is 1. The first kappa shape index (κ1) is 23.4. The van der Waals surface area contributed by atoms with Crippen molar-refractivity contribution in [3.8, 4) is 0 Å². The van der Waals surface area contributed by atoms with Gasteiger partial charge < -0.3 is 10.6 Å². The third kappa shape index (κ3) is 4.76. The van der Waals surface area contributed by atoms with Gasteiger partial charge in [0.25, 0.3) is 11.8 Å². The molecule has 5 rings (SSSR count). The molecule has 2 atom stereocenters. The standard InChI is InChI=1S/C28H26N4O4/c1-17(29-16-18-9-10-19-5-2-3-6-21(19)13-18)20-7-4-8-22(14-20)30-23-15-26(34)32(28(23)36)24-11-12-25(33)31-27(24)35/h2-10,13-15,17,24,29-30H,11-12,16H2,1H3,(H,31,33,35). The maximum absolute atomic E-state index is 12.9. The summed E-state index contributed by atoms with van der Waals surface area (Å²) in [5.41, 5.74) is 2.95. The van der Waals surface area contributed by atoms with Crippen LogP contribution in [0.4, 0.5) is 5.69 Å². The van der Waals surface area contributed by atoms with Gasteiger partial charge in [-0.15, -0.1) is 0 Å². The van der Waals surface area contributed by atoms with Gasteiger partial charge in [-0.3, -0.25) is 29.4 Å². The van der Waals surface area contributed by atoms with Crippen LogP contribution in [0.15, 0.2) is 78.5 Å². The molecule has 2 aliphatic rings. The highest BCUT2D eigenvalue weighted by Gasteiger charge is 2.42. The monoisotopic (exact) mass is 482 g/mol. The molecule has 2 aliphatic heterocycles. The molecule has 3 aromatic carbocycles. The number of carbonyl (C=O) groups excluding carboxylic acids is 4. The van der Waals surface area contributed by atoms with E-state index in [4.69, 9.17) is 0 Å². The summed E-state index contributed by atoms with van der Waals surface area (Å²) in [7, 11) is 0. The number of piperidine rings is 1. The zero-order valence-corrected chi connectivity index (χ0v) is 19.8. The van der Waals surface area contributed by atoms with E-state index in [9.17, 15) is 19.2 Å². The molecule has 2 unspecified atom stereocenters. The van der Waals surface area contributed by atoms with E-state index in [2.05, 4.69) is 53.2 Å². The Morgan fingerprint density at radius 1 is 0.972 bits per heavy atom. The van der Waals surface area contributed by atoms with Gasteiger partial charge in [0.2, 0.25) is 11.8 Å². The molecule has 3 aromatic rings. The van der Waals surface area contributed by atoms with Gasteiger partial charge in [-0.25, -0.2) is 0 Å². The van der Waals surface area contributed by atoms with Crippen LogP contribution in [-0.2, 0) is 25.7 Å². The van der Waals surface area contributed by atoms with Crippen molar-refractivity contribution in [1.82, 2.24) is 15.5 Å². The van der Waals surface area contributed by atoms with E-state index < -0.39 is 29.7 Å². The largest absolute Gasteiger partial charge is 0.351 e. The van der Waals surface area contributed by atoms with Crippen LogP contribution < -0.4 is 16.0 Å². The zero-order valence-electron chi connectivity index (χ0n) is 19.8. The number of imide groups is 2. The van der Waals surface area contributed by atoms with Gasteiger partial charge in [0, 0.05) is 30.8 Å². The van der Waals surface area contributed by atoms with E-state index in [0.29, 0.717) is 12.2 Å². The summed E-state index contributed by atoms with van der Waals surface area (Å²) in [6.45, 7) is 2.76. The van der Waals surface area contributed by atoms with Crippen LogP contribution in [0.5, 0.6) is 0 Å². The van der Waals surface area contributed by atoms with Gasteiger partial charge >= 0.3 is 0 Å². The molecule has 3 N–H and O–H groups in total. The SMILES string of the molecule is CC(NCc1ccc2ccccc2c1)c1cccc(NC2=CC(=O)N(C3CCC(=O)NC3=O)C2=O)c1. The second kappa shape index (κ2) is 9.75.